The number of hydrogen-bond donors (Lipinski definition) is 2. The molecule has 1 aliphatic heterocycles. The molecule has 2 aliphatic rings. The van der Waals surface area contributed by atoms with E-state index in [-0.39, 0.29) is 5.91 Å². The molecule has 17 heavy (non-hydrogen) atoms. The molecule has 98 valence electrons. The molecule has 0 aromatic rings. The zero-order valence-electron chi connectivity index (χ0n) is 11.0. The van der Waals surface area contributed by atoms with Gasteiger partial charge in [0.15, 0.2) is 0 Å². The van der Waals surface area contributed by atoms with Gasteiger partial charge in [-0.25, -0.2) is 0 Å². The summed E-state index contributed by atoms with van der Waals surface area (Å²) in [7, 11) is 0. The van der Waals surface area contributed by atoms with Crippen LogP contribution >= 0.6 is 0 Å². The summed E-state index contributed by atoms with van der Waals surface area (Å²) >= 11 is 0. The van der Waals surface area contributed by atoms with Crippen molar-refractivity contribution in [3.63, 3.8) is 0 Å². The predicted octanol–water partition coefficient (Wildman–Crippen LogP) is 0.844. The average Bonchev–Trinajstić information content (AvgIpc) is 2.62. The highest BCUT2D eigenvalue weighted by atomic mass is 16.1. The Bertz CT molecular complexity index is 306. The summed E-state index contributed by atoms with van der Waals surface area (Å²) < 4.78 is 0. The van der Waals surface area contributed by atoms with Crippen molar-refractivity contribution in [2.24, 2.45) is 16.9 Å². The smallest absolute Gasteiger partial charge is 0.237 e. The van der Waals surface area contributed by atoms with Gasteiger partial charge in [0.1, 0.15) is 0 Å². The zero-order valence-corrected chi connectivity index (χ0v) is 11.0. The number of nitrogens with zero attached hydrogens (tertiary/aromatic N) is 1. The minimum absolute atomic E-state index is 0.336. The minimum Gasteiger partial charge on any atom is -0.368 e. The molecule has 0 radical (unpaired) electrons. The molecule has 0 spiro atoms. The number of amides is 1. The van der Waals surface area contributed by atoms with Crippen molar-refractivity contribution in [1.29, 1.82) is 0 Å². The molecule has 2 atom stereocenters. The lowest BCUT2D eigenvalue weighted by Gasteiger charge is -2.40. The monoisotopic (exact) mass is 239 g/mol. The molecule has 4 N–H and O–H groups in total. The number of rotatable bonds is 2. The maximum Gasteiger partial charge on any atom is 0.237 e. The van der Waals surface area contributed by atoms with Crippen molar-refractivity contribution in [3.05, 3.63) is 0 Å². The predicted molar refractivity (Wildman–Crippen MR) is 68.3 cm³/mol. The van der Waals surface area contributed by atoms with Crippen molar-refractivity contribution in [2.45, 2.75) is 57.5 Å². The van der Waals surface area contributed by atoms with Crippen LogP contribution in [-0.2, 0) is 4.79 Å². The van der Waals surface area contributed by atoms with E-state index in [4.69, 9.17) is 11.5 Å². The second kappa shape index (κ2) is 4.25. The van der Waals surface area contributed by atoms with Crippen LogP contribution in [0.2, 0.25) is 0 Å². The Morgan fingerprint density at radius 1 is 1.24 bits per heavy atom. The molecule has 0 aromatic heterocycles. The third-order valence-corrected chi connectivity index (χ3v) is 4.68. The second-order valence-corrected chi connectivity index (χ2v) is 6.62. The fourth-order valence-electron chi connectivity index (χ4n) is 3.08. The molecule has 4 nitrogen and oxygen atoms in total. The molecule has 1 heterocycles. The van der Waals surface area contributed by atoms with E-state index in [0.717, 1.165) is 32.4 Å². The number of likely N-dealkylation sites (tertiary alicyclic amines) is 1. The van der Waals surface area contributed by atoms with Crippen LogP contribution in [0.4, 0.5) is 0 Å². The summed E-state index contributed by atoms with van der Waals surface area (Å²) in [5, 5.41) is 0. The molecule has 1 aliphatic carbocycles. The highest BCUT2D eigenvalue weighted by Gasteiger charge is 2.43. The van der Waals surface area contributed by atoms with E-state index in [2.05, 4.69) is 18.7 Å². The van der Waals surface area contributed by atoms with Crippen LogP contribution in [-0.4, -0.2) is 35.5 Å². The first kappa shape index (κ1) is 12.8. The third kappa shape index (κ3) is 2.63. The van der Waals surface area contributed by atoms with Crippen molar-refractivity contribution < 1.29 is 4.79 Å². The largest absolute Gasteiger partial charge is 0.368 e. The van der Waals surface area contributed by atoms with Gasteiger partial charge in [-0.2, -0.15) is 0 Å². The first-order chi connectivity index (χ1) is 7.82. The van der Waals surface area contributed by atoms with Gasteiger partial charge in [0.2, 0.25) is 5.91 Å². The number of piperidine rings is 1. The second-order valence-electron chi connectivity index (χ2n) is 6.62. The summed E-state index contributed by atoms with van der Waals surface area (Å²) in [4.78, 5) is 13.8. The van der Waals surface area contributed by atoms with E-state index >= 15 is 0 Å². The Labute approximate surface area is 104 Å². The molecule has 1 saturated heterocycles. The Hall–Kier alpha value is -0.610. The van der Waals surface area contributed by atoms with E-state index in [9.17, 15) is 4.79 Å². The van der Waals surface area contributed by atoms with Crippen molar-refractivity contribution >= 4 is 5.91 Å². The Morgan fingerprint density at radius 3 is 2.29 bits per heavy atom. The van der Waals surface area contributed by atoms with Crippen LogP contribution in [0.25, 0.3) is 0 Å². The van der Waals surface area contributed by atoms with Crippen LogP contribution in [0.1, 0.15) is 46.0 Å². The van der Waals surface area contributed by atoms with E-state index in [1.54, 1.807) is 0 Å². The SMILES string of the molecule is CC1(C)CCN(C2CCC(N)(C(N)=O)C2)CC1. The summed E-state index contributed by atoms with van der Waals surface area (Å²) in [6.45, 7) is 6.92. The third-order valence-electron chi connectivity index (χ3n) is 4.68. The molecule has 0 aromatic carbocycles. The summed E-state index contributed by atoms with van der Waals surface area (Å²) in [5.74, 6) is -0.336. The highest BCUT2D eigenvalue weighted by molar-refractivity contribution is 5.84. The Kier molecular flexibility index (Phi) is 3.21. The minimum atomic E-state index is -0.752. The normalized spacial score (nSPS) is 38.2. The van der Waals surface area contributed by atoms with Crippen LogP contribution in [0.15, 0.2) is 0 Å². The van der Waals surface area contributed by atoms with Gasteiger partial charge in [0.25, 0.3) is 0 Å². The van der Waals surface area contributed by atoms with Gasteiger partial charge < -0.3 is 16.4 Å². The number of hydrogen-bond acceptors (Lipinski definition) is 3. The molecule has 2 unspecified atom stereocenters. The van der Waals surface area contributed by atoms with Gasteiger partial charge in [-0.3, -0.25) is 4.79 Å². The Morgan fingerprint density at radius 2 is 1.82 bits per heavy atom. The number of carbonyl (C=O) groups is 1. The fourth-order valence-corrected chi connectivity index (χ4v) is 3.08. The van der Waals surface area contributed by atoms with Crippen LogP contribution in [0.3, 0.4) is 0 Å². The van der Waals surface area contributed by atoms with E-state index in [1.807, 2.05) is 0 Å². The molecule has 0 bridgehead atoms. The lowest BCUT2D eigenvalue weighted by atomic mass is 9.82. The molecule has 1 amide bonds. The van der Waals surface area contributed by atoms with E-state index in [1.165, 1.54) is 12.8 Å². The lowest BCUT2D eigenvalue weighted by molar-refractivity contribution is -0.123. The summed E-state index contributed by atoms with van der Waals surface area (Å²) in [5.41, 5.74) is 11.2. The number of nitrogens with two attached hydrogens (primary N) is 2. The Balaban J connectivity index is 1.92. The van der Waals surface area contributed by atoms with Gasteiger partial charge in [-0.05, 0) is 50.6 Å². The quantitative estimate of drug-likeness (QED) is 0.750. The van der Waals surface area contributed by atoms with Crippen LogP contribution in [0, 0.1) is 5.41 Å². The number of carbonyl (C=O) groups excluding carboxylic acids is 1. The zero-order chi connectivity index (χ0) is 12.7. The molecule has 1 saturated carbocycles. The highest BCUT2D eigenvalue weighted by Crippen LogP contribution is 2.36. The van der Waals surface area contributed by atoms with Crippen LogP contribution in [0.5, 0.6) is 0 Å². The van der Waals surface area contributed by atoms with E-state index in [0.29, 0.717) is 11.5 Å². The molecule has 2 rings (SSSR count). The van der Waals surface area contributed by atoms with Gasteiger partial charge in [0, 0.05) is 6.04 Å². The maximum absolute atomic E-state index is 11.3. The topological polar surface area (TPSA) is 72.3 Å². The summed E-state index contributed by atoms with van der Waals surface area (Å²) in [6.07, 6.45) is 4.96. The van der Waals surface area contributed by atoms with Gasteiger partial charge in [-0.1, -0.05) is 13.8 Å². The van der Waals surface area contributed by atoms with Crippen molar-refractivity contribution in [1.82, 2.24) is 4.90 Å². The molecular weight excluding hydrogens is 214 g/mol. The first-order valence-corrected chi connectivity index (χ1v) is 6.65. The van der Waals surface area contributed by atoms with Crippen molar-refractivity contribution in [2.75, 3.05) is 13.1 Å². The van der Waals surface area contributed by atoms with Gasteiger partial charge >= 0.3 is 0 Å². The van der Waals surface area contributed by atoms with Gasteiger partial charge in [-0.15, -0.1) is 0 Å². The fraction of sp³-hybridized carbons (Fsp3) is 0.923. The molecular formula is C13H25N3O. The lowest BCUT2D eigenvalue weighted by Crippen LogP contribution is -2.51. The van der Waals surface area contributed by atoms with Gasteiger partial charge in [0.05, 0.1) is 5.54 Å². The summed E-state index contributed by atoms with van der Waals surface area (Å²) in [6, 6.07) is 0.462. The van der Waals surface area contributed by atoms with Crippen molar-refractivity contribution in [3.8, 4) is 0 Å². The van der Waals surface area contributed by atoms with Crippen LogP contribution < -0.4 is 11.5 Å². The van der Waals surface area contributed by atoms with E-state index < -0.39 is 5.54 Å². The maximum atomic E-state index is 11.3. The first-order valence-electron chi connectivity index (χ1n) is 6.65. The number of primary amides is 1. The standard InChI is InChI=1S/C13H25N3O/c1-12(2)5-7-16(8-6-12)10-3-4-13(15,9-10)11(14)17/h10H,3-9,15H2,1-2H3,(H2,14,17). The molecule has 4 heteroatoms. The molecule has 2 fully saturated rings. The average molecular weight is 239 g/mol.